The second-order valence-electron chi connectivity index (χ2n) is 6.76. The van der Waals surface area contributed by atoms with Gasteiger partial charge >= 0.3 is 0 Å². The van der Waals surface area contributed by atoms with Crippen molar-refractivity contribution in [3.63, 3.8) is 0 Å². The maximum atomic E-state index is 12.5. The lowest BCUT2D eigenvalue weighted by Crippen LogP contribution is -2.26. The van der Waals surface area contributed by atoms with Crippen molar-refractivity contribution in [2.45, 2.75) is 39.5 Å². The van der Waals surface area contributed by atoms with Crippen molar-refractivity contribution < 1.29 is 9.59 Å². The van der Waals surface area contributed by atoms with Crippen LogP contribution in [0.25, 0.3) is 5.65 Å². The molecule has 3 rings (SSSR count). The number of nitrogens with one attached hydrogen (secondary N) is 2. The van der Waals surface area contributed by atoms with Gasteiger partial charge in [-0.15, -0.1) is 0 Å². The predicted molar refractivity (Wildman–Crippen MR) is 108 cm³/mol. The number of hydrogen-bond acceptors (Lipinski definition) is 4. The van der Waals surface area contributed by atoms with Crippen molar-refractivity contribution >= 4 is 23.3 Å². The first-order valence-electron chi connectivity index (χ1n) is 9.49. The molecule has 0 spiro atoms. The van der Waals surface area contributed by atoms with E-state index in [2.05, 4.69) is 20.6 Å². The van der Waals surface area contributed by atoms with Crippen LogP contribution < -0.4 is 10.6 Å². The van der Waals surface area contributed by atoms with Gasteiger partial charge in [0.05, 0.1) is 5.69 Å². The second kappa shape index (κ2) is 9.12. The summed E-state index contributed by atoms with van der Waals surface area (Å²) in [6.07, 6.45) is 6.39. The number of aryl methyl sites for hydroxylation is 2. The fraction of sp³-hybridized carbons (Fsp3) is 0.333. The van der Waals surface area contributed by atoms with Gasteiger partial charge in [-0.2, -0.15) is 0 Å². The summed E-state index contributed by atoms with van der Waals surface area (Å²) >= 11 is 0. The summed E-state index contributed by atoms with van der Waals surface area (Å²) in [4.78, 5) is 33.0. The predicted octanol–water partition coefficient (Wildman–Crippen LogP) is 3.28. The number of unbranched alkanes of at least 4 members (excludes halogenated alkanes) is 2. The summed E-state index contributed by atoms with van der Waals surface area (Å²) in [6, 6.07) is 9.41. The van der Waals surface area contributed by atoms with Crippen molar-refractivity contribution in [1.29, 1.82) is 0 Å². The molecule has 146 valence electrons. The zero-order chi connectivity index (χ0) is 19.9. The highest BCUT2D eigenvalue weighted by Crippen LogP contribution is 2.12. The summed E-state index contributed by atoms with van der Waals surface area (Å²) in [5.41, 5.74) is 2.99. The molecule has 0 aliphatic carbocycles. The Labute approximate surface area is 164 Å². The van der Waals surface area contributed by atoms with E-state index in [4.69, 9.17) is 0 Å². The standard InChI is InChI=1S/C21H25N5O2/c1-15-9-8-13-22-20(15)25-18(27)11-4-3-6-12-23-21(28)19-16(2)24-17-10-5-7-14-26(17)19/h5,7-10,13-14H,3-4,6,11-12H2,1-2H3,(H,23,28)(H,22,25,27). The van der Waals surface area contributed by atoms with Crippen LogP contribution in [-0.2, 0) is 4.79 Å². The lowest BCUT2D eigenvalue weighted by molar-refractivity contribution is -0.116. The number of carbonyl (C=O) groups is 2. The number of nitrogens with zero attached hydrogens (tertiary/aromatic N) is 3. The lowest BCUT2D eigenvalue weighted by atomic mass is 10.2. The number of imidazole rings is 1. The average Bonchev–Trinajstić information content (AvgIpc) is 3.02. The monoisotopic (exact) mass is 379 g/mol. The smallest absolute Gasteiger partial charge is 0.270 e. The van der Waals surface area contributed by atoms with Gasteiger partial charge in [-0.1, -0.05) is 18.6 Å². The van der Waals surface area contributed by atoms with Gasteiger partial charge < -0.3 is 10.6 Å². The van der Waals surface area contributed by atoms with Gasteiger partial charge in [-0.3, -0.25) is 14.0 Å². The minimum Gasteiger partial charge on any atom is -0.351 e. The van der Waals surface area contributed by atoms with Gasteiger partial charge in [0.2, 0.25) is 5.91 Å². The number of aromatic nitrogens is 3. The highest BCUT2D eigenvalue weighted by Gasteiger charge is 2.15. The molecule has 28 heavy (non-hydrogen) atoms. The molecule has 7 heteroatoms. The summed E-state index contributed by atoms with van der Waals surface area (Å²) in [7, 11) is 0. The molecule has 2 N–H and O–H groups in total. The van der Waals surface area contributed by atoms with Crippen LogP contribution >= 0.6 is 0 Å². The molecule has 0 fully saturated rings. The van der Waals surface area contributed by atoms with Gasteiger partial charge in [0.25, 0.3) is 5.91 Å². The van der Waals surface area contributed by atoms with Crippen LogP contribution in [0.1, 0.15) is 47.4 Å². The van der Waals surface area contributed by atoms with E-state index in [1.807, 2.05) is 50.4 Å². The van der Waals surface area contributed by atoms with Crippen LogP contribution in [0.2, 0.25) is 0 Å². The Balaban J connectivity index is 1.38. The third kappa shape index (κ3) is 4.73. The second-order valence-corrected chi connectivity index (χ2v) is 6.76. The highest BCUT2D eigenvalue weighted by molar-refractivity contribution is 5.94. The first kappa shape index (κ1) is 19.5. The lowest BCUT2D eigenvalue weighted by Gasteiger charge is -2.07. The molecule has 2 amide bonds. The first-order chi connectivity index (χ1) is 13.6. The number of pyridine rings is 2. The molecular weight excluding hydrogens is 354 g/mol. The molecule has 0 radical (unpaired) electrons. The van der Waals surface area contributed by atoms with E-state index >= 15 is 0 Å². The van der Waals surface area contributed by atoms with Crippen LogP contribution in [-0.4, -0.2) is 32.7 Å². The zero-order valence-corrected chi connectivity index (χ0v) is 16.2. The van der Waals surface area contributed by atoms with E-state index in [1.165, 1.54) is 0 Å². The molecule has 0 aliphatic heterocycles. The van der Waals surface area contributed by atoms with Crippen molar-refractivity contribution in [2.75, 3.05) is 11.9 Å². The summed E-state index contributed by atoms with van der Waals surface area (Å²) in [6.45, 7) is 4.32. The molecule has 0 saturated heterocycles. The molecule has 0 atom stereocenters. The normalized spacial score (nSPS) is 10.8. The Morgan fingerprint density at radius 2 is 1.93 bits per heavy atom. The van der Waals surface area contributed by atoms with Crippen LogP contribution in [0.15, 0.2) is 42.7 Å². The number of carbonyl (C=O) groups excluding carboxylic acids is 2. The number of amides is 2. The Morgan fingerprint density at radius 3 is 2.75 bits per heavy atom. The van der Waals surface area contributed by atoms with Crippen molar-refractivity contribution in [3.05, 3.63) is 59.7 Å². The van der Waals surface area contributed by atoms with Gasteiger partial charge in [0, 0.05) is 25.4 Å². The van der Waals surface area contributed by atoms with Crippen molar-refractivity contribution in [2.24, 2.45) is 0 Å². The Morgan fingerprint density at radius 1 is 1.07 bits per heavy atom. The molecule has 0 bridgehead atoms. The average molecular weight is 379 g/mol. The van der Waals surface area contributed by atoms with Crippen LogP contribution in [0.5, 0.6) is 0 Å². The van der Waals surface area contributed by atoms with E-state index < -0.39 is 0 Å². The Hall–Kier alpha value is -3.22. The van der Waals surface area contributed by atoms with Crippen LogP contribution in [0.3, 0.4) is 0 Å². The van der Waals surface area contributed by atoms with Gasteiger partial charge in [0.15, 0.2) is 0 Å². The van der Waals surface area contributed by atoms with E-state index in [1.54, 1.807) is 10.6 Å². The van der Waals surface area contributed by atoms with Gasteiger partial charge in [0.1, 0.15) is 17.2 Å². The highest BCUT2D eigenvalue weighted by atomic mass is 16.2. The third-order valence-corrected chi connectivity index (χ3v) is 4.55. The topological polar surface area (TPSA) is 88.4 Å². The van der Waals surface area contributed by atoms with Crippen LogP contribution in [0.4, 0.5) is 5.82 Å². The maximum Gasteiger partial charge on any atom is 0.270 e. The molecule has 3 aromatic rings. The number of hydrogen-bond donors (Lipinski definition) is 2. The van der Waals surface area contributed by atoms with E-state index in [-0.39, 0.29) is 11.8 Å². The maximum absolute atomic E-state index is 12.5. The number of fused-ring (bicyclic) bond motifs is 1. The fourth-order valence-corrected chi connectivity index (χ4v) is 3.07. The molecule has 0 saturated carbocycles. The minimum absolute atomic E-state index is 0.0350. The molecule has 3 aromatic heterocycles. The molecular formula is C21H25N5O2. The SMILES string of the molecule is Cc1cccnc1NC(=O)CCCCCNC(=O)c1c(C)nc2ccccn12. The summed E-state index contributed by atoms with van der Waals surface area (Å²) in [5, 5.41) is 5.77. The Kier molecular flexibility index (Phi) is 6.37. The first-order valence-corrected chi connectivity index (χ1v) is 9.49. The van der Waals surface area contributed by atoms with Crippen molar-refractivity contribution in [1.82, 2.24) is 19.7 Å². The van der Waals surface area contributed by atoms with E-state index in [0.29, 0.717) is 30.2 Å². The minimum atomic E-state index is -0.125. The molecule has 0 aliphatic rings. The summed E-state index contributed by atoms with van der Waals surface area (Å²) in [5.74, 6) is 0.454. The molecule has 0 unspecified atom stereocenters. The van der Waals surface area contributed by atoms with Crippen LogP contribution in [0, 0.1) is 13.8 Å². The Bertz CT molecular complexity index is 980. The number of rotatable bonds is 8. The third-order valence-electron chi connectivity index (χ3n) is 4.55. The van der Waals surface area contributed by atoms with Gasteiger partial charge in [-0.05, 0) is 50.5 Å². The molecule has 0 aromatic carbocycles. The zero-order valence-electron chi connectivity index (χ0n) is 16.2. The summed E-state index contributed by atoms with van der Waals surface area (Å²) < 4.78 is 1.80. The van der Waals surface area contributed by atoms with E-state index in [0.717, 1.165) is 30.5 Å². The molecule has 7 nitrogen and oxygen atoms in total. The van der Waals surface area contributed by atoms with Crippen molar-refractivity contribution in [3.8, 4) is 0 Å². The molecule has 3 heterocycles. The fourth-order valence-electron chi connectivity index (χ4n) is 3.07. The van der Waals surface area contributed by atoms with E-state index in [9.17, 15) is 9.59 Å². The quantitative estimate of drug-likeness (QED) is 0.588. The largest absolute Gasteiger partial charge is 0.351 e. The van der Waals surface area contributed by atoms with Gasteiger partial charge in [-0.25, -0.2) is 9.97 Å². The number of anilines is 1.